The van der Waals surface area contributed by atoms with Crippen LogP contribution in [0, 0.1) is 0 Å². The first-order valence-corrected chi connectivity index (χ1v) is 15.1. The van der Waals surface area contributed by atoms with Crippen molar-refractivity contribution < 1.29 is 37.0 Å². The molecule has 3 rings (SSSR count). The number of halogens is 1. The maximum atomic E-state index is 14.3. The van der Waals surface area contributed by atoms with Gasteiger partial charge in [0.05, 0.1) is 39.0 Å². The number of hydrogen-bond acceptors (Lipinski definition) is 8. The minimum atomic E-state index is -4.44. The summed E-state index contributed by atoms with van der Waals surface area (Å²) < 4.78 is 51.0. The number of benzene rings is 3. The molecule has 13 heteroatoms. The Morgan fingerprint density at radius 3 is 2.07 bits per heavy atom. The van der Waals surface area contributed by atoms with Gasteiger partial charge in [0.1, 0.15) is 24.1 Å². The third-order valence-electron chi connectivity index (χ3n) is 6.66. The van der Waals surface area contributed by atoms with Crippen molar-refractivity contribution in [2.45, 2.75) is 31.3 Å². The van der Waals surface area contributed by atoms with Gasteiger partial charge in [0.15, 0.2) is 11.5 Å². The van der Waals surface area contributed by atoms with Crippen LogP contribution in [0.15, 0.2) is 65.6 Å². The minimum Gasteiger partial charge on any atom is -0.497 e. The lowest BCUT2D eigenvalue weighted by atomic mass is 10.1. The molecule has 43 heavy (non-hydrogen) atoms. The van der Waals surface area contributed by atoms with E-state index in [0.29, 0.717) is 28.6 Å². The summed E-state index contributed by atoms with van der Waals surface area (Å²) in [5.41, 5.74) is 0.754. The van der Waals surface area contributed by atoms with Crippen LogP contribution >= 0.6 is 11.6 Å². The second kappa shape index (κ2) is 14.8. The van der Waals surface area contributed by atoms with Gasteiger partial charge in [-0.1, -0.05) is 23.7 Å². The van der Waals surface area contributed by atoms with Crippen molar-refractivity contribution in [3.63, 3.8) is 0 Å². The van der Waals surface area contributed by atoms with Crippen LogP contribution in [0.3, 0.4) is 0 Å². The molecule has 0 aliphatic rings. The van der Waals surface area contributed by atoms with Crippen LogP contribution in [0.5, 0.6) is 23.0 Å². The second-order valence-electron chi connectivity index (χ2n) is 9.28. The first-order valence-electron chi connectivity index (χ1n) is 13.3. The SMILES string of the molecule is CCNC(=O)C(C)N(Cc1ccc(Cl)cc1)C(=O)CN(c1cc(OC)ccc1OC)S(=O)(=O)c1ccc(OC)c(OC)c1. The summed E-state index contributed by atoms with van der Waals surface area (Å²) >= 11 is 6.05. The lowest BCUT2D eigenvalue weighted by molar-refractivity contribution is -0.139. The van der Waals surface area contributed by atoms with E-state index in [1.54, 1.807) is 50.2 Å². The number of hydrogen-bond donors (Lipinski definition) is 1. The molecule has 1 unspecified atom stereocenters. The molecule has 1 atom stereocenters. The highest BCUT2D eigenvalue weighted by Gasteiger charge is 2.34. The van der Waals surface area contributed by atoms with E-state index < -0.39 is 34.4 Å². The molecule has 0 saturated heterocycles. The van der Waals surface area contributed by atoms with Gasteiger partial charge in [0, 0.05) is 30.2 Å². The van der Waals surface area contributed by atoms with Crippen LogP contribution in [-0.2, 0) is 26.2 Å². The number of anilines is 1. The Balaban J connectivity index is 2.17. The van der Waals surface area contributed by atoms with Crippen molar-refractivity contribution in [1.29, 1.82) is 0 Å². The number of nitrogens with one attached hydrogen (secondary N) is 1. The number of methoxy groups -OCH3 is 4. The molecule has 0 aliphatic heterocycles. The maximum Gasteiger partial charge on any atom is 0.265 e. The average Bonchev–Trinajstić information content (AvgIpc) is 3.02. The summed E-state index contributed by atoms with van der Waals surface area (Å²) in [6.45, 7) is 3.05. The fourth-order valence-electron chi connectivity index (χ4n) is 4.30. The number of sulfonamides is 1. The Morgan fingerprint density at radius 2 is 1.49 bits per heavy atom. The number of likely N-dealkylation sites (N-methyl/N-ethyl adjacent to an activating group) is 1. The summed E-state index contributed by atoms with van der Waals surface area (Å²) in [4.78, 5) is 28.2. The van der Waals surface area contributed by atoms with Gasteiger partial charge in [-0.25, -0.2) is 8.42 Å². The normalized spacial score (nSPS) is 11.7. The molecule has 0 heterocycles. The molecule has 3 aromatic carbocycles. The maximum absolute atomic E-state index is 14.3. The first-order chi connectivity index (χ1) is 20.5. The van der Waals surface area contributed by atoms with Crippen LogP contribution < -0.4 is 28.6 Å². The molecule has 1 N–H and O–H groups in total. The van der Waals surface area contributed by atoms with Crippen LogP contribution in [0.1, 0.15) is 19.4 Å². The molecule has 0 aromatic heterocycles. The summed E-state index contributed by atoms with van der Waals surface area (Å²) in [5, 5.41) is 3.24. The zero-order chi connectivity index (χ0) is 31.7. The molecular weight excluding hydrogens is 598 g/mol. The van der Waals surface area contributed by atoms with Crippen molar-refractivity contribution in [2.24, 2.45) is 0 Å². The predicted molar refractivity (Wildman–Crippen MR) is 164 cm³/mol. The Kier molecular flexibility index (Phi) is 11.5. The fraction of sp³-hybridized carbons (Fsp3) is 0.333. The van der Waals surface area contributed by atoms with Gasteiger partial charge in [-0.3, -0.25) is 13.9 Å². The molecular formula is C30H36ClN3O8S. The Morgan fingerprint density at radius 1 is 0.860 bits per heavy atom. The van der Waals surface area contributed by atoms with Crippen molar-refractivity contribution >= 4 is 39.1 Å². The van der Waals surface area contributed by atoms with E-state index in [9.17, 15) is 18.0 Å². The number of ether oxygens (including phenoxy) is 4. The van der Waals surface area contributed by atoms with Crippen molar-refractivity contribution in [2.75, 3.05) is 45.8 Å². The van der Waals surface area contributed by atoms with Gasteiger partial charge in [0.25, 0.3) is 10.0 Å². The van der Waals surface area contributed by atoms with E-state index in [-0.39, 0.29) is 28.6 Å². The molecule has 11 nitrogen and oxygen atoms in total. The number of amides is 2. The molecule has 2 amide bonds. The second-order valence-corrected chi connectivity index (χ2v) is 11.6. The molecule has 0 saturated carbocycles. The van der Waals surface area contributed by atoms with E-state index in [1.807, 2.05) is 0 Å². The molecule has 0 spiro atoms. The van der Waals surface area contributed by atoms with E-state index in [0.717, 1.165) is 4.31 Å². The highest BCUT2D eigenvalue weighted by Crippen LogP contribution is 2.37. The van der Waals surface area contributed by atoms with Gasteiger partial charge >= 0.3 is 0 Å². The minimum absolute atomic E-state index is 0.0216. The van der Waals surface area contributed by atoms with Gasteiger partial charge in [-0.2, -0.15) is 0 Å². The molecule has 3 aromatic rings. The van der Waals surface area contributed by atoms with Crippen LogP contribution in [0.25, 0.3) is 0 Å². The summed E-state index contributed by atoms with van der Waals surface area (Å²) in [6.07, 6.45) is 0. The number of carbonyl (C=O) groups is 2. The lowest BCUT2D eigenvalue weighted by Crippen LogP contribution is -2.51. The quantitative estimate of drug-likeness (QED) is 0.281. The van der Waals surface area contributed by atoms with Gasteiger partial charge in [-0.15, -0.1) is 0 Å². The highest BCUT2D eigenvalue weighted by molar-refractivity contribution is 7.92. The number of nitrogens with zero attached hydrogens (tertiary/aromatic N) is 2. The lowest BCUT2D eigenvalue weighted by Gasteiger charge is -2.32. The smallest absolute Gasteiger partial charge is 0.265 e. The van der Waals surface area contributed by atoms with E-state index >= 15 is 0 Å². The van der Waals surface area contributed by atoms with Gasteiger partial charge in [0.2, 0.25) is 11.8 Å². The van der Waals surface area contributed by atoms with E-state index in [2.05, 4.69) is 5.32 Å². The monoisotopic (exact) mass is 633 g/mol. The van der Waals surface area contributed by atoms with E-state index in [1.165, 1.54) is 57.6 Å². The van der Waals surface area contributed by atoms with Gasteiger partial charge < -0.3 is 29.2 Å². The molecule has 232 valence electrons. The summed E-state index contributed by atoms with van der Waals surface area (Å²) in [7, 11) is 1.21. The van der Waals surface area contributed by atoms with Crippen LogP contribution in [0.2, 0.25) is 5.02 Å². The first kappa shape index (κ1) is 33.3. The number of rotatable bonds is 14. The van der Waals surface area contributed by atoms with Crippen molar-refractivity contribution in [3.8, 4) is 23.0 Å². The summed E-state index contributed by atoms with van der Waals surface area (Å²) in [6, 6.07) is 14.6. The Hall–Kier alpha value is -4.16. The Bertz CT molecular complexity index is 1530. The molecule has 0 fully saturated rings. The largest absolute Gasteiger partial charge is 0.497 e. The summed E-state index contributed by atoms with van der Waals surface area (Å²) in [5.74, 6) is -0.00142. The van der Waals surface area contributed by atoms with Crippen molar-refractivity contribution in [1.82, 2.24) is 10.2 Å². The standard InChI is InChI=1S/C30H36ClN3O8S/c1-7-32-30(36)20(2)33(18-21-8-10-22(31)11-9-21)29(35)19-34(25-16-23(39-3)12-14-26(25)40-4)43(37,38)24-13-15-27(41-5)28(17-24)42-6/h8-17,20H,7,18-19H2,1-6H3,(H,32,36). The molecule has 0 bridgehead atoms. The van der Waals surface area contributed by atoms with Crippen LogP contribution in [-0.4, -0.2) is 72.7 Å². The zero-order valence-electron chi connectivity index (χ0n) is 24.9. The Labute approximate surface area is 257 Å². The van der Waals surface area contributed by atoms with Crippen molar-refractivity contribution in [3.05, 3.63) is 71.2 Å². The topological polar surface area (TPSA) is 124 Å². The highest BCUT2D eigenvalue weighted by atomic mass is 35.5. The fourth-order valence-corrected chi connectivity index (χ4v) is 5.86. The van der Waals surface area contributed by atoms with E-state index in [4.69, 9.17) is 30.5 Å². The zero-order valence-corrected chi connectivity index (χ0v) is 26.5. The van der Waals surface area contributed by atoms with Crippen LogP contribution in [0.4, 0.5) is 5.69 Å². The number of carbonyl (C=O) groups excluding carboxylic acids is 2. The predicted octanol–water partition coefficient (Wildman–Crippen LogP) is 4.12. The average molecular weight is 634 g/mol. The van der Waals surface area contributed by atoms with Gasteiger partial charge in [-0.05, 0) is 55.8 Å². The third-order valence-corrected chi connectivity index (χ3v) is 8.67. The third kappa shape index (κ3) is 7.82. The molecule has 0 radical (unpaired) electrons. The molecule has 0 aliphatic carbocycles.